The first-order valence-corrected chi connectivity index (χ1v) is 10.8. The van der Waals surface area contributed by atoms with E-state index in [2.05, 4.69) is 5.32 Å². The molecular weight excluding hydrogens is 439 g/mol. The van der Waals surface area contributed by atoms with Crippen LogP contribution in [0.15, 0.2) is 48.5 Å². The Kier molecular flexibility index (Phi) is 7.30. The number of rotatable bonds is 7. The van der Waals surface area contributed by atoms with Gasteiger partial charge >= 0.3 is 0 Å². The summed E-state index contributed by atoms with van der Waals surface area (Å²) in [5.41, 5.74) is 2.02. The third-order valence-corrected chi connectivity index (χ3v) is 6.01. The topological polar surface area (TPSA) is 58.6 Å². The maximum atomic E-state index is 13.2. The van der Waals surface area contributed by atoms with Crippen LogP contribution in [0.4, 0.5) is 9.39 Å². The van der Waals surface area contributed by atoms with Gasteiger partial charge in [-0.1, -0.05) is 23.7 Å². The molecule has 0 aliphatic heterocycles. The van der Waals surface area contributed by atoms with Gasteiger partial charge in [-0.2, -0.15) is 0 Å². The maximum Gasteiger partial charge on any atom is 0.264 e. The summed E-state index contributed by atoms with van der Waals surface area (Å²) < 4.78 is 18.9. The number of hydrogen-bond acceptors (Lipinski definition) is 4. The summed E-state index contributed by atoms with van der Waals surface area (Å²) in [6, 6.07) is 13.0. The van der Waals surface area contributed by atoms with E-state index in [9.17, 15) is 14.0 Å². The number of amides is 2. The summed E-state index contributed by atoms with van der Waals surface area (Å²) in [6.45, 7) is 4.57. The fourth-order valence-corrected chi connectivity index (χ4v) is 4.20. The zero-order chi connectivity index (χ0) is 22.5. The molecule has 2 amide bonds. The molecule has 162 valence electrons. The number of carbonyl (C=O) groups is 2. The molecule has 3 rings (SSSR count). The number of hydrogen-bond donors (Lipinski definition) is 1. The Labute approximate surface area is 189 Å². The summed E-state index contributed by atoms with van der Waals surface area (Å²) in [4.78, 5) is 27.4. The van der Waals surface area contributed by atoms with E-state index in [1.54, 1.807) is 24.9 Å². The Balaban J connectivity index is 1.61. The Bertz CT molecular complexity index is 1120. The Morgan fingerprint density at radius 1 is 1.16 bits per heavy atom. The Morgan fingerprint density at radius 2 is 1.94 bits per heavy atom. The predicted molar refractivity (Wildman–Crippen MR) is 122 cm³/mol. The standard InChI is InChI=1S/C23H22ClFN2O3S/c1-14-5-4-6-17(11-14)30-10-9-27(3)23(29)21-15(2)12-20(31-21)26-22(28)18-8-7-16(25)13-19(18)24/h4-8,11-13H,9-10H2,1-3H3,(H,26,28). The van der Waals surface area contributed by atoms with Gasteiger partial charge in [0.05, 0.1) is 27.0 Å². The third kappa shape index (κ3) is 5.83. The molecule has 1 N–H and O–H groups in total. The van der Waals surface area contributed by atoms with Crippen LogP contribution in [0.3, 0.4) is 0 Å². The SMILES string of the molecule is Cc1cccc(OCCN(C)C(=O)c2sc(NC(=O)c3ccc(F)cc3Cl)cc2C)c1. The molecule has 1 aromatic heterocycles. The van der Waals surface area contributed by atoms with E-state index in [1.807, 2.05) is 31.2 Å². The molecule has 5 nitrogen and oxygen atoms in total. The first-order chi connectivity index (χ1) is 14.7. The van der Waals surface area contributed by atoms with Crippen LogP contribution < -0.4 is 10.1 Å². The van der Waals surface area contributed by atoms with E-state index in [1.165, 1.54) is 23.5 Å². The van der Waals surface area contributed by atoms with Gasteiger partial charge < -0.3 is 15.0 Å². The van der Waals surface area contributed by atoms with Crippen LogP contribution in [0, 0.1) is 19.7 Å². The molecule has 0 saturated heterocycles. The molecule has 31 heavy (non-hydrogen) atoms. The molecule has 0 unspecified atom stereocenters. The molecular formula is C23H22ClFN2O3S. The second-order valence-corrected chi connectivity index (χ2v) is 8.55. The molecule has 0 atom stereocenters. The van der Waals surface area contributed by atoms with Crippen molar-refractivity contribution in [1.29, 1.82) is 0 Å². The van der Waals surface area contributed by atoms with Crippen LogP contribution in [-0.4, -0.2) is 36.9 Å². The summed E-state index contributed by atoms with van der Waals surface area (Å²) >= 11 is 7.13. The summed E-state index contributed by atoms with van der Waals surface area (Å²) in [5.74, 6) is -0.380. The summed E-state index contributed by atoms with van der Waals surface area (Å²) in [7, 11) is 1.71. The average molecular weight is 461 g/mol. The minimum atomic E-state index is -0.518. The third-order valence-electron chi connectivity index (χ3n) is 4.56. The van der Waals surface area contributed by atoms with E-state index in [4.69, 9.17) is 16.3 Å². The number of ether oxygens (including phenoxy) is 1. The highest BCUT2D eigenvalue weighted by Gasteiger charge is 2.19. The van der Waals surface area contributed by atoms with Crippen LogP contribution in [0.2, 0.25) is 5.02 Å². The lowest BCUT2D eigenvalue weighted by Crippen LogP contribution is -2.30. The van der Waals surface area contributed by atoms with Crippen molar-refractivity contribution in [3.8, 4) is 5.75 Å². The van der Waals surface area contributed by atoms with Crippen molar-refractivity contribution >= 4 is 39.8 Å². The molecule has 1 heterocycles. The fraction of sp³-hybridized carbons (Fsp3) is 0.217. The lowest BCUT2D eigenvalue weighted by Gasteiger charge is -2.17. The van der Waals surface area contributed by atoms with Gasteiger partial charge in [0.25, 0.3) is 11.8 Å². The van der Waals surface area contributed by atoms with E-state index in [-0.39, 0.29) is 16.5 Å². The first kappa shape index (κ1) is 22.8. The van der Waals surface area contributed by atoms with Gasteiger partial charge in [0.1, 0.15) is 18.2 Å². The van der Waals surface area contributed by atoms with Crippen LogP contribution in [0.25, 0.3) is 0 Å². The monoisotopic (exact) mass is 460 g/mol. The fourth-order valence-electron chi connectivity index (χ4n) is 2.89. The molecule has 0 aliphatic carbocycles. The van der Waals surface area contributed by atoms with Crippen molar-refractivity contribution in [2.45, 2.75) is 13.8 Å². The minimum absolute atomic E-state index is 0.0235. The van der Waals surface area contributed by atoms with Crippen molar-refractivity contribution in [3.63, 3.8) is 0 Å². The van der Waals surface area contributed by atoms with Crippen LogP contribution in [-0.2, 0) is 0 Å². The van der Waals surface area contributed by atoms with Crippen molar-refractivity contribution in [3.05, 3.63) is 80.9 Å². The number of benzene rings is 2. The first-order valence-electron chi connectivity index (χ1n) is 9.56. The quantitative estimate of drug-likeness (QED) is 0.502. The maximum absolute atomic E-state index is 13.2. The highest BCUT2D eigenvalue weighted by atomic mass is 35.5. The number of nitrogens with one attached hydrogen (secondary N) is 1. The van der Waals surface area contributed by atoms with E-state index in [0.29, 0.717) is 23.0 Å². The normalized spacial score (nSPS) is 10.6. The van der Waals surface area contributed by atoms with Crippen molar-refractivity contribution < 1.29 is 18.7 Å². The Morgan fingerprint density at radius 3 is 2.65 bits per heavy atom. The van der Waals surface area contributed by atoms with Gasteiger partial charge in [-0.15, -0.1) is 11.3 Å². The van der Waals surface area contributed by atoms with Crippen LogP contribution >= 0.6 is 22.9 Å². The summed E-state index contributed by atoms with van der Waals surface area (Å²) in [5, 5.41) is 3.25. The van der Waals surface area contributed by atoms with E-state index in [0.717, 1.165) is 22.9 Å². The predicted octanol–water partition coefficient (Wildman–Crippen LogP) is 5.56. The molecule has 3 aromatic rings. The van der Waals surface area contributed by atoms with Gasteiger partial charge in [-0.05, 0) is 61.4 Å². The number of likely N-dealkylation sites (N-methyl/N-ethyl adjacent to an activating group) is 1. The van der Waals surface area contributed by atoms with Crippen LogP contribution in [0.1, 0.15) is 31.2 Å². The average Bonchev–Trinajstić information content (AvgIpc) is 3.07. The Hall–Kier alpha value is -2.90. The zero-order valence-corrected chi connectivity index (χ0v) is 18.9. The zero-order valence-electron chi connectivity index (χ0n) is 17.4. The van der Waals surface area contributed by atoms with Gasteiger partial charge in [-0.3, -0.25) is 9.59 Å². The largest absolute Gasteiger partial charge is 0.492 e. The minimum Gasteiger partial charge on any atom is -0.492 e. The number of anilines is 1. The van der Waals surface area contributed by atoms with Gasteiger partial charge in [-0.25, -0.2) is 4.39 Å². The van der Waals surface area contributed by atoms with Crippen molar-refractivity contribution in [2.24, 2.45) is 0 Å². The molecule has 8 heteroatoms. The highest BCUT2D eigenvalue weighted by molar-refractivity contribution is 7.18. The van der Waals surface area contributed by atoms with Crippen molar-refractivity contribution in [2.75, 3.05) is 25.5 Å². The molecule has 0 radical (unpaired) electrons. The number of aryl methyl sites for hydroxylation is 2. The van der Waals surface area contributed by atoms with Gasteiger partial charge in [0, 0.05) is 7.05 Å². The number of nitrogens with zero attached hydrogens (tertiary/aromatic N) is 1. The molecule has 0 spiro atoms. The van der Waals surface area contributed by atoms with Crippen molar-refractivity contribution in [1.82, 2.24) is 4.90 Å². The molecule has 2 aromatic carbocycles. The molecule has 0 fully saturated rings. The smallest absolute Gasteiger partial charge is 0.264 e. The molecule has 0 aliphatic rings. The van der Waals surface area contributed by atoms with Gasteiger partial charge in [0.15, 0.2) is 0 Å². The molecule has 0 bridgehead atoms. The number of thiophene rings is 1. The van der Waals surface area contributed by atoms with E-state index < -0.39 is 11.7 Å². The highest BCUT2D eigenvalue weighted by Crippen LogP contribution is 2.29. The number of carbonyl (C=O) groups excluding carboxylic acids is 2. The van der Waals surface area contributed by atoms with Gasteiger partial charge in [0.2, 0.25) is 0 Å². The second kappa shape index (κ2) is 9.94. The lowest BCUT2D eigenvalue weighted by atomic mass is 10.2. The number of halogens is 2. The second-order valence-electron chi connectivity index (χ2n) is 7.09. The van der Waals surface area contributed by atoms with E-state index >= 15 is 0 Å². The van der Waals surface area contributed by atoms with Crippen LogP contribution in [0.5, 0.6) is 5.75 Å². The molecule has 0 saturated carbocycles. The lowest BCUT2D eigenvalue weighted by molar-refractivity contribution is 0.0777. The summed E-state index contributed by atoms with van der Waals surface area (Å²) in [6.07, 6.45) is 0.